The van der Waals surface area contributed by atoms with Crippen molar-refractivity contribution in [2.75, 3.05) is 18.6 Å². The van der Waals surface area contributed by atoms with Gasteiger partial charge < -0.3 is 14.7 Å². The van der Waals surface area contributed by atoms with E-state index in [1.807, 2.05) is 42.5 Å². The first-order valence-electron chi connectivity index (χ1n) is 10.6. The third-order valence-corrected chi connectivity index (χ3v) is 5.61. The zero-order valence-electron chi connectivity index (χ0n) is 18.6. The van der Waals surface area contributed by atoms with Crippen molar-refractivity contribution in [2.24, 2.45) is 0 Å². The van der Waals surface area contributed by atoms with Gasteiger partial charge in [0, 0.05) is 42.1 Å². The molecule has 3 rings (SSSR count). The number of benzene rings is 2. The molecule has 0 bridgehead atoms. The van der Waals surface area contributed by atoms with Crippen LogP contribution < -0.4 is 9.64 Å². The Hall–Kier alpha value is -3.35. The maximum atomic E-state index is 12.8. The normalized spacial score (nSPS) is 11.2. The van der Waals surface area contributed by atoms with Crippen LogP contribution in [-0.2, 0) is 9.59 Å². The molecule has 8 heteroatoms. The van der Waals surface area contributed by atoms with Crippen molar-refractivity contribution in [2.45, 2.75) is 19.3 Å². The van der Waals surface area contributed by atoms with Crippen molar-refractivity contribution >= 4 is 46.3 Å². The fraction of sp³-hybridized carbons (Fsp3) is 0.192. The Morgan fingerprint density at radius 2 is 1.88 bits per heavy atom. The van der Waals surface area contributed by atoms with Crippen molar-refractivity contribution < 1.29 is 19.4 Å². The Balaban J connectivity index is 1.77. The van der Waals surface area contributed by atoms with Crippen molar-refractivity contribution in [1.29, 1.82) is 0 Å². The van der Waals surface area contributed by atoms with E-state index < -0.39 is 5.97 Å². The summed E-state index contributed by atoms with van der Waals surface area (Å²) < 4.78 is 5.58. The number of unbranched alkanes of at least 4 members (excludes halogenated alkanes) is 1. The summed E-state index contributed by atoms with van der Waals surface area (Å²) in [6.45, 7) is -0.192. The van der Waals surface area contributed by atoms with E-state index in [0.29, 0.717) is 34.3 Å². The van der Waals surface area contributed by atoms with Crippen LogP contribution in [0, 0.1) is 0 Å². The van der Waals surface area contributed by atoms with Crippen LogP contribution in [0.1, 0.15) is 30.4 Å². The summed E-state index contributed by atoms with van der Waals surface area (Å²) in [5.41, 5.74) is 3.41. The number of likely N-dealkylation sites (N-methyl/N-ethyl adjacent to an activating group) is 1. The molecule has 34 heavy (non-hydrogen) atoms. The van der Waals surface area contributed by atoms with Crippen molar-refractivity contribution in [1.82, 2.24) is 4.98 Å². The van der Waals surface area contributed by atoms with Gasteiger partial charge in [-0.25, -0.2) is 0 Å². The summed E-state index contributed by atoms with van der Waals surface area (Å²) in [5.74, 6) is -0.693. The van der Waals surface area contributed by atoms with Crippen LogP contribution in [0.3, 0.4) is 0 Å². The highest BCUT2D eigenvalue weighted by Gasteiger charge is 2.15. The fourth-order valence-electron chi connectivity index (χ4n) is 3.28. The van der Waals surface area contributed by atoms with Crippen LogP contribution in [-0.4, -0.2) is 35.6 Å². The summed E-state index contributed by atoms with van der Waals surface area (Å²) >= 11 is 12.0. The van der Waals surface area contributed by atoms with E-state index in [1.54, 1.807) is 37.6 Å². The Morgan fingerprint density at radius 3 is 2.59 bits per heavy atom. The SMILES string of the molecule is CN(C(=O)COc1ccc(Cl)cc1Cl)c1cccc(C(=CCCCC(=O)O)c2cccnc2)c1. The summed E-state index contributed by atoms with van der Waals surface area (Å²) in [4.78, 5) is 29.3. The molecule has 0 saturated carbocycles. The summed E-state index contributed by atoms with van der Waals surface area (Å²) in [5, 5.41) is 9.73. The average molecular weight is 499 g/mol. The number of allylic oxidation sites excluding steroid dienone is 1. The van der Waals surface area contributed by atoms with E-state index in [1.165, 1.54) is 4.90 Å². The minimum absolute atomic E-state index is 0.103. The predicted octanol–water partition coefficient (Wildman–Crippen LogP) is 6.12. The van der Waals surface area contributed by atoms with E-state index in [-0.39, 0.29) is 18.9 Å². The lowest BCUT2D eigenvalue weighted by Gasteiger charge is -2.19. The van der Waals surface area contributed by atoms with Crippen molar-refractivity contribution in [3.8, 4) is 5.75 Å². The van der Waals surface area contributed by atoms with Gasteiger partial charge in [0.05, 0.1) is 5.02 Å². The largest absolute Gasteiger partial charge is 0.482 e. The Kier molecular flexibility index (Phi) is 9.08. The van der Waals surface area contributed by atoms with Crippen LogP contribution in [0.5, 0.6) is 5.75 Å². The highest BCUT2D eigenvalue weighted by molar-refractivity contribution is 6.35. The van der Waals surface area contributed by atoms with Gasteiger partial charge in [0.25, 0.3) is 5.91 Å². The van der Waals surface area contributed by atoms with Crippen LogP contribution in [0.2, 0.25) is 10.0 Å². The average Bonchev–Trinajstić information content (AvgIpc) is 2.83. The zero-order chi connectivity index (χ0) is 24.5. The maximum absolute atomic E-state index is 12.8. The number of carboxylic acids is 1. The fourth-order valence-corrected chi connectivity index (χ4v) is 3.74. The molecule has 1 amide bonds. The molecule has 0 aliphatic carbocycles. The summed E-state index contributed by atoms with van der Waals surface area (Å²) in [6.07, 6.45) is 6.70. The number of halogens is 2. The molecule has 6 nitrogen and oxygen atoms in total. The highest BCUT2D eigenvalue weighted by Crippen LogP contribution is 2.29. The van der Waals surface area contributed by atoms with E-state index in [2.05, 4.69) is 4.98 Å². The number of hydrogen-bond acceptors (Lipinski definition) is 4. The van der Waals surface area contributed by atoms with Gasteiger partial charge in [-0.1, -0.05) is 47.5 Å². The number of aromatic nitrogens is 1. The molecule has 1 aromatic heterocycles. The lowest BCUT2D eigenvalue weighted by atomic mass is 9.97. The van der Waals surface area contributed by atoms with E-state index in [4.69, 9.17) is 33.0 Å². The number of hydrogen-bond donors (Lipinski definition) is 1. The van der Waals surface area contributed by atoms with E-state index in [0.717, 1.165) is 16.7 Å². The molecular weight excluding hydrogens is 475 g/mol. The first-order chi connectivity index (χ1) is 16.3. The molecule has 0 aliphatic heterocycles. The third kappa shape index (κ3) is 7.07. The molecule has 1 heterocycles. The molecular formula is C26H24Cl2N2O4. The number of ether oxygens (including phenoxy) is 1. The van der Waals surface area contributed by atoms with Gasteiger partial charge >= 0.3 is 5.97 Å². The minimum atomic E-state index is -0.819. The molecule has 0 fully saturated rings. The Morgan fingerprint density at radius 1 is 1.09 bits per heavy atom. The first-order valence-corrected chi connectivity index (χ1v) is 11.4. The van der Waals surface area contributed by atoms with Crippen molar-refractivity contribution in [3.63, 3.8) is 0 Å². The van der Waals surface area contributed by atoms with Gasteiger partial charge in [0.2, 0.25) is 0 Å². The Labute approximate surface area is 208 Å². The third-order valence-electron chi connectivity index (χ3n) is 5.08. The van der Waals surface area contributed by atoms with Crippen LogP contribution in [0.15, 0.2) is 73.1 Å². The number of carboxylic acid groups (broad SMARTS) is 1. The molecule has 0 aliphatic rings. The molecule has 0 radical (unpaired) electrons. The van der Waals surface area contributed by atoms with Gasteiger partial charge in [0.1, 0.15) is 5.75 Å². The molecule has 0 saturated heterocycles. The number of carbonyl (C=O) groups is 2. The minimum Gasteiger partial charge on any atom is -0.482 e. The number of anilines is 1. The molecule has 0 atom stereocenters. The molecule has 1 N–H and O–H groups in total. The zero-order valence-corrected chi connectivity index (χ0v) is 20.1. The number of pyridine rings is 1. The van der Waals surface area contributed by atoms with Gasteiger partial charge in [0.15, 0.2) is 6.61 Å². The topological polar surface area (TPSA) is 79.7 Å². The van der Waals surface area contributed by atoms with Gasteiger partial charge in [-0.3, -0.25) is 14.6 Å². The molecule has 2 aromatic carbocycles. The number of rotatable bonds is 10. The second-order valence-electron chi connectivity index (χ2n) is 7.51. The number of nitrogens with zero attached hydrogens (tertiary/aromatic N) is 2. The second kappa shape index (κ2) is 12.2. The van der Waals surface area contributed by atoms with Crippen LogP contribution in [0.4, 0.5) is 5.69 Å². The standard InChI is InChI=1S/C26H24Cl2N2O4/c1-30(25(31)17-34-24-12-11-20(27)15-23(24)28)21-8-4-6-18(14-21)22(9-2-3-10-26(32)33)19-7-5-13-29-16-19/h4-9,11-16H,2-3,10,17H2,1H3,(H,32,33). The van der Waals surface area contributed by atoms with Gasteiger partial charge in [-0.15, -0.1) is 0 Å². The van der Waals surface area contributed by atoms with Gasteiger partial charge in [-0.05, 0) is 60.4 Å². The smallest absolute Gasteiger partial charge is 0.303 e. The maximum Gasteiger partial charge on any atom is 0.303 e. The van der Waals surface area contributed by atoms with Crippen molar-refractivity contribution in [3.05, 3.63) is 94.2 Å². The Bertz CT molecular complexity index is 1180. The van der Waals surface area contributed by atoms with Crippen LogP contribution >= 0.6 is 23.2 Å². The highest BCUT2D eigenvalue weighted by atomic mass is 35.5. The number of aliphatic carboxylic acids is 1. The molecule has 176 valence electrons. The lowest BCUT2D eigenvalue weighted by Crippen LogP contribution is -2.31. The molecule has 0 unspecified atom stereocenters. The first kappa shape index (κ1) is 25.3. The quantitative estimate of drug-likeness (QED) is 0.340. The summed E-state index contributed by atoms with van der Waals surface area (Å²) in [6, 6.07) is 16.2. The van der Waals surface area contributed by atoms with Gasteiger partial charge in [-0.2, -0.15) is 0 Å². The molecule has 3 aromatic rings. The predicted molar refractivity (Wildman–Crippen MR) is 135 cm³/mol. The summed E-state index contributed by atoms with van der Waals surface area (Å²) in [7, 11) is 1.68. The monoisotopic (exact) mass is 498 g/mol. The number of amides is 1. The molecule has 0 spiro atoms. The van der Waals surface area contributed by atoms with E-state index in [9.17, 15) is 9.59 Å². The van der Waals surface area contributed by atoms with Crippen LogP contribution in [0.25, 0.3) is 5.57 Å². The second-order valence-corrected chi connectivity index (χ2v) is 8.36. The number of carbonyl (C=O) groups excluding carboxylic acids is 1. The van der Waals surface area contributed by atoms with E-state index >= 15 is 0 Å². The lowest BCUT2D eigenvalue weighted by molar-refractivity contribution is -0.137.